The number of hydrogen-bond donors (Lipinski definition) is 2. The molecule has 0 aliphatic carbocycles. The lowest BCUT2D eigenvalue weighted by atomic mass is 9.92. The number of carbonyl (C=O) groups is 1. The number of benzene rings is 2. The summed E-state index contributed by atoms with van der Waals surface area (Å²) in [7, 11) is 0. The van der Waals surface area contributed by atoms with Crippen LogP contribution in [0.5, 0.6) is 0 Å². The molecule has 2 aromatic rings. The Morgan fingerprint density at radius 1 is 1.04 bits per heavy atom. The van der Waals surface area contributed by atoms with Crippen molar-refractivity contribution in [3.63, 3.8) is 0 Å². The maximum absolute atomic E-state index is 12.9. The maximum atomic E-state index is 12.9. The molecule has 0 fully saturated rings. The van der Waals surface area contributed by atoms with E-state index in [1.54, 1.807) is 12.1 Å². The first-order chi connectivity index (χ1) is 11.2. The van der Waals surface area contributed by atoms with Crippen molar-refractivity contribution in [2.45, 2.75) is 40.7 Å². The largest absolute Gasteiger partial charge is 0.381 e. The molecular formula is C20H25FN2O. The Morgan fingerprint density at radius 2 is 1.67 bits per heavy atom. The second-order valence-corrected chi connectivity index (χ2v) is 7.24. The summed E-state index contributed by atoms with van der Waals surface area (Å²) in [6, 6.07) is 12.2. The molecule has 1 amide bonds. The third-order valence-electron chi connectivity index (χ3n) is 3.69. The number of rotatable bonds is 5. The minimum Gasteiger partial charge on any atom is -0.381 e. The van der Waals surface area contributed by atoms with Crippen molar-refractivity contribution < 1.29 is 9.18 Å². The molecule has 0 saturated heterocycles. The fourth-order valence-corrected chi connectivity index (χ4v) is 2.44. The highest BCUT2D eigenvalue weighted by atomic mass is 19.1. The monoisotopic (exact) mass is 328 g/mol. The smallest absolute Gasteiger partial charge is 0.224 e. The Labute approximate surface area is 143 Å². The molecule has 0 atom stereocenters. The van der Waals surface area contributed by atoms with Crippen molar-refractivity contribution in [3.8, 4) is 0 Å². The van der Waals surface area contributed by atoms with Gasteiger partial charge in [-0.15, -0.1) is 0 Å². The van der Waals surface area contributed by atoms with Crippen molar-refractivity contribution in [2.75, 3.05) is 10.6 Å². The Hall–Kier alpha value is -2.36. The summed E-state index contributed by atoms with van der Waals surface area (Å²) in [5.41, 5.74) is 3.71. The van der Waals surface area contributed by atoms with Crippen LogP contribution in [0.3, 0.4) is 0 Å². The molecule has 0 bridgehead atoms. The van der Waals surface area contributed by atoms with E-state index in [2.05, 4.69) is 10.6 Å². The van der Waals surface area contributed by atoms with E-state index in [1.165, 1.54) is 12.1 Å². The number of carbonyl (C=O) groups excluding carboxylic acids is 1. The highest BCUT2D eigenvalue weighted by molar-refractivity contribution is 5.92. The van der Waals surface area contributed by atoms with E-state index >= 15 is 0 Å². The standard InChI is InChI=1S/C20H25FN2O/c1-14-17(22-13-15-8-10-16(21)11-9-15)6-5-7-18(14)23-19(24)12-20(2,3)4/h5-11,22H,12-13H2,1-4H3,(H,23,24). The van der Waals surface area contributed by atoms with Gasteiger partial charge in [0.1, 0.15) is 5.82 Å². The van der Waals surface area contributed by atoms with E-state index in [4.69, 9.17) is 0 Å². The van der Waals surface area contributed by atoms with Crippen LogP contribution in [0.2, 0.25) is 0 Å². The molecule has 2 aromatic carbocycles. The van der Waals surface area contributed by atoms with Gasteiger partial charge in [-0.25, -0.2) is 4.39 Å². The molecule has 0 spiro atoms. The van der Waals surface area contributed by atoms with Crippen molar-refractivity contribution in [3.05, 3.63) is 59.4 Å². The Bertz CT molecular complexity index is 703. The molecule has 0 radical (unpaired) electrons. The van der Waals surface area contributed by atoms with Crippen LogP contribution in [0.25, 0.3) is 0 Å². The highest BCUT2D eigenvalue weighted by Crippen LogP contribution is 2.25. The molecule has 0 unspecified atom stereocenters. The minimum atomic E-state index is -0.238. The molecule has 2 rings (SSSR count). The Balaban J connectivity index is 2.04. The fourth-order valence-electron chi connectivity index (χ4n) is 2.44. The predicted molar refractivity (Wildman–Crippen MR) is 97.6 cm³/mol. The quantitative estimate of drug-likeness (QED) is 0.799. The zero-order valence-corrected chi connectivity index (χ0v) is 14.7. The second-order valence-electron chi connectivity index (χ2n) is 7.24. The molecule has 4 heteroatoms. The van der Waals surface area contributed by atoms with Crippen molar-refractivity contribution in [2.24, 2.45) is 5.41 Å². The van der Waals surface area contributed by atoms with Gasteiger partial charge in [0.05, 0.1) is 0 Å². The summed E-state index contributed by atoms with van der Waals surface area (Å²) < 4.78 is 12.9. The molecule has 0 aliphatic rings. The predicted octanol–water partition coefficient (Wildman–Crippen LogP) is 5.12. The average Bonchev–Trinajstić information content (AvgIpc) is 2.48. The van der Waals surface area contributed by atoms with E-state index in [1.807, 2.05) is 45.9 Å². The third-order valence-corrected chi connectivity index (χ3v) is 3.69. The molecule has 3 nitrogen and oxygen atoms in total. The van der Waals surface area contributed by atoms with E-state index in [-0.39, 0.29) is 17.1 Å². The summed E-state index contributed by atoms with van der Waals surface area (Å²) in [6.07, 6.45) is 0.472. The van der Waals surface area contributed by atoms with Crippen molar-refractivity contribution >= 4 is 17.3 Å². The summed E-state index contributed by atoms with van der Waals surface area (Å²) in [4.78, 5) is 12.1. The van der Waals surface area contributed by atoms with Gasteiger partial charge in [0, 0.05) is 24.3 Å². The lowest BCUT2D eigenvalue weighted by Gasteiger charge is -2.19. The lowest BCUT2D eigenvalue weighted by molar-refractivity contribution is -0.117. The molecule has 0 aliphatic heterocycles. The van der Waals surface area contributed by atoms with Crippen LogP contribution in [0, 0.1) is 18.2 Å². The van der Waals surface area contributed by atoms with Crippen LogP contribution in [-0.2, 0) is 11.3 Å². The topological polar surface area (TPSA) is 41.1 Å². The van der Waals surface area contributed by atoms with Crippen molar-refractivity contribution in [1.82, 2.24) is 0 Å². The fraction of sp³-hybridized carbons (Fsp3) is 0.350. The first kappa shape index (κ1) is 18.0. The van der Waals surface area contributed by atoms with Gasteiger partial charge in [0.2, 0.25) is 5.91 Å². The van der Waals surface area contributed by atoms with Gasteiger partial charge in [0.15, 0.2) is 0 Å². The van der Waals surface area contributed by atoms with Crippen LogP contribution in [0.15, 0.2) is 42.5 Å². The van der Waals surface area contributed by atoms with Gasteiger partial charge in [-0.05, 0) is 47.7 Å². The first-order valence-electron chi connectivity index (χ1n) is 8.12. The van der Waals surface area contributed by atoms with E-state index in [9.17, 15) is 9.18 Å². The van der Waals surface area contributed by atoms with Crippen LogP contribution >= 0.6 is 0 Å². The zero-order valence-electron chi connectivity index (χ0n) is 14.7. The molecule has 0 heterocycles. The molecule has 0 aromatic heterocycles. The summed E-state index contributed by atoms with van der Waals surface area (Å²) in [5.74, 6) is -0.222. The van der Waals surface area contributed by atoms with Gasteiger partial charge >= 0.3 is 0 Å². The van der Waals surface area contributed by atoms with Crippen LogP contribution in [-0.4, -0.2) is 5.91 Å². The summed E-state index contributed by atoms with van der Waals surface area (Å²) in [6.45, 7) is 8.69. The summed E-state index contributed by atoms with van der Waals surface area (Å²) >= 11 is 0. The molecule has 128 valence electrons. The van der Waals surface area contributed by atoms with Crippen molar-refractivity contribution in [1.29, 1.82) is 0 Å². The zero-order chi connectivity index (χ0) is 17.7. The van der Waals surface area contributed by atoms with Gasteiger partial charge in [0.25, 0.3) is 0 Å². The number of hydrogen-bond acceptors (Lipinski definition) is 2. The van der Waals surface area contributed by atoms with Crippen LogP contribution in [0.1, 0.15) is 38.3 Å². The molecular weight excluding hydrogens is 303 g/mol. The van der Waals surface area contributed by atoms with E-state index in [0.717, 1.165) is 22.5 Å². The van der Waals surface area contributed by atoms with Crippen LogP contribution < -0.4 is 10.6 Å². The van der Waals surface area contributed by atoms with Gasteiger partial charge < -0.3 is 10.6 Å². The van der Waals surface area contributed by atoms with Crippen LogP contribution in [0.4, 0.5) is 15.8 Å². The average molecular weight is 328 g/mol. The Kier molecular flexibility index (Phi) is 5.60. The number of anilines is 2. The SMILES string of the molecule is Cc1c(NCc2ccc(F)cc2)cccc1NC(=O)CC(C)(C)C. The minimum absolute atomic E-state index is 0.0151. The number of halogens is 1. The molecule has 2 N–H and O–H groups in total. The third kappa shape index (κ3) is 5.37. The molecule has 0 saturated carbocycles. The first-order valence-corrected chi connectivity index (χ1v) is 8.12. The van der Waals surface area contributed by atoms with Gasteiger partial charge in [-0.2, -0.15) is 0 Å². The molecule has 24 heavy (non-hydrogen) atoms. The number of amides is 1. The Morgan fingerprint density at radius 3 is 2.29 bits per heavy atom. The highest BCUT2D eigenvalue weighted by Gasteiger charge is 2.16. The number of nitrogens with one attached hydrogen (secondary N) is 2. The normalized spacial score (nSPS) is 11.2. The maximum Gasteiger partial charge on any atom is 0.224 e. The lowest BCUT2D eigenvalue weighted by Crippen LogP contribution is -2.20. The van der Waals surface area contributed by atoms with Gasteiger partial charge in [-0.1, -0.05) is 39.0 Å². The second kappa shape index (κ2) is 7.47. The van der Waals surface area contributed by atoms with Gasteiger partial charge in [-0.3, -0.25) is 4.79 Å². The summed E-state index contributed by atoms with van der Waals surface area (Å²) in [5, 5.41) is 6.32. The van der Waals surface area contributed by atoms with E-state index < -0.39 is 0 Å². The van der Waals surface area contributed by atoms with E-state index in [0.29, 0.717) is 13.0 Å².